The van der Waals surface area contributed by atoms with E-state index in [0.29, 0.717) is 22.7 Å². The molecular weight excluding hydrogens is 386 g/mol. The topological polar surface area (TPSA) is 93.8 Å². The van der Waals surface area contributed by atoms with Crippen molar-refractivity contribution in [3.63, 3.8) is 0 Å². The van der Waals surface area contributed by atoms with Crippen LogP contribution in [-0.2, 0) is 5.75 Å². The van der Waals surface area contributed by atoms with Crippen LogP contribution in [0.15, 0.2) is 59.0 Å². The Morgan fingerprint density at radius 2 is 1.93 bits per heavy atom. The van der Waals surface area contributed by atoms with Gasteiger partial charge in [0.1, 0.15) is 28.2 Å². The lowest BCUT2D eigenvalue weighted by Crippen LogP contribution is -2.26. The number of para-hydroxylation sites is 1. The first kappa shape index (κ1) is 17.6. The number of aryl methyl sites for hydroxylation is 2. The normalized spacial score (nSPS) is 11.5. The molecule has 0 saturated carbocycles. The average Bonchev–Trinajstić information content (AvgIpc) is 3.34. The lowest BCUT2D eigenvalue weighted by atomic mass is 10.2. The quantitative estimate of drug-likeness (QED) is 0.366. The smallest absolute Gasteiger partial charge is 0.282 e. The Morgan fingerprint density at radius 3 is 2.79 bits per heavy atom. The fourth-order valence-electron chi connectivity index (χ4n) is 3.40. The first-order chi connectivity index (χ1) is 14.1. The fraction of sp³-hybridized carbons (Fsp3) is 0.150. The predicted octanol–water partition coefficient (Wildman–Crippen LogP) is 3.06. The van der Waals surface area contributed by atoms with E-state index in [1.165, 1.54) is 18.1 Å². The van der Waals surface area contributed by atoms with Gasteiger partial charge < -0.3 is 4.98 Å². The molecule has 0 atom stereocenters. The van der Waals surface area contributed by atoms with Crippen molar-refractivity contribution in [2.24, 2.45) is 0 Å². The van der Waals surface area contributed by atoms with Gasteiger partial charge in [0.15, 0.2) is 5.65 Å². The molecule has 0 spiro atoms. The number of hydrogen-bond acceptors (Lipinski definition) is 6. The molecule has 0 saturated heterocycles. The van der Waals surface area contributed by atoms with E-state index in [2.05, 4.69) is 19.9 Å². The van der Waals surface area contributed by atoms with Crippen molar-refractivity contribution >= 4 is 28.4 Å². The highest BCUT2D eigenvalue weighted by molar-refractivity contribution is 7.98. The Labute approximate surface area is 169 Å². The lowest BCUT2D eigenvalue weighted by Gasteiger charge is -2.15. The minimum atomic E-state index is -0.0817. The van der Waals surface area contributed by atoms with Gasteiger partial charge in [-0.15, -0.1) is 0 Å². The summed E-state index contributed by atoms with van der Waals surface area (Å²) in [7, 11) is 0. The fourth-order valence-corrected chi connectivity index (χ4v) is 4.27. The summed E-state index contributed by atoms with van der Waals surface area (Å²) in [6, 6.07) is 9.73. The van der Waals surface area contributed by atoms with Crippen molar-refractivity contribution in [3.05, 3.63) is 76.5 Å². The number of rotatable bonds is 4. The van der Waals surface area contributed by atoms with Gasteiger partial charge in [0.25, 0.3) is 5.56 Å². The van der Waals surface area contributed by atoms with Crippen LogP contribution < -0.4 is 5.56 Å². The Morgan fingerprint density at radius 1 is 1.07 bits per heavy atom. The van der Waals surface area contributed by atoms with Gasteiger partial charge in [-0.2, -0.15) is 5.10 Å². The standard InChI is InChI=1S/C20H17N7OS/c1-12-5-3-4-6-14(12)27-15(25-26-8-7-13(2)17(26)20(27)28)9-29-19-16-18(22-10-21-16)23-11-24-19/h3-8,10-11H,9H2,1-2H3,(H,21,22,23,24). The van der Waals surface area contributed by atoms with E-state index in [1.807, 2.05) is 50.4 Å². The molecule has 5 aromatic rings. The molecule has 0 aliphatic heterocycles. The maximum Gasteiger partial charge on any atom is 0.282 e. The van der Waals surface area contributed by atoms with Crippen LogP contribution in [-0.4, -0.2) is 34.1 Å². The third-order valence-corrected chi connectivity index (χ3v) is 5.82. The SMILES string of the molecule is Cc1ccccc1-n1c(CSc2ncnc3nc[nH]c23)nn2ccc(C)c2c1=O. The second-order valence-corrected chi connectivity index (χ2v) is 7.67. The molecule has 4 heterocycles. The molecule has 0 bridgehead atoms. The predicted molar refractivity (Wildman–Crippen MR) is 112 cm³/mol. The van der Waals surface area contributed by atoms with E-state index < -0.39 is 0 Å². The maximum atomic E-state index is 13.4. The second kappa shape index (κ2) is 6.85. The van der Waals surface area contributed by atoms with E-state index in [-0.39, 0.29) is 5.56 Å². The summed E-state index contributed by atoms with van der Waals surface area (Å²) in [5.41, 5.74) is 4.64. The third kappa shape index (κ3) is 2.90. The molecule has 5 rings (SSSR count). The molecule has 0 aliphatic rings. The molecule has 0 fully saturated rings. The van der Waals surface area contributed by atoms with E-state index in [4.69, 9.17) is 5.10 Å². The first-order valence-electron chi connectivity index (χ1n) is 9.06. The van der Waals surface area contributed by atoms with Crippen molar-refractivity contribution in [3.8, 4) is 5.69 Å². The summed E-state index contributed by atoms with van der Waals surface area (Å²) in [5, 5.41) is 5.51. The molecule has 0 amide bonds. The zero-order chi connectivity index (χ0) is 20.0. The van der Waals surface area contributed by atoms with Crippen LogP contribution in [0, 0.1) is 13.8 Å². The van der Waals surface area contributed by atoms with Crippen molar-refractivity contribution in [2.45, 2.75) is 24.6 Å². The lowest BCUT2D eigenvalue weighted by molar-refractivity contribution is 0.766. The molecule has 1 aromatic carbocycles. The van der Waals surface area contributed by atoms with Crippen LogP contribution in [0.5, 0.6) is 0 Å². The Kier molecular flexibility index (Phi) is 4.17. The molecule has 9 heteroatoms. The minimum Gasteiger partial charge on any atom is -0.341 e. The molecule has 144 valence electrons. The van der Waals surface area contributed by atoms with Crippen LogP contribution in [0.1, 0.15) is 17.0 Å². The highest BCUT2D eigenvalue weighted by atomic mass is 32.2. The number of imidazole rings is 1. The summed E-state index contributed by atoms with van der Waals surface area (Å²) in [6.45, 7) is 3.91. The molecule has 4 aromatic heterocycles. The number of aromatic amines is 1. The summed E-state index contributed by atoms with van der Waals surface area (Å²) in [5.74, 6) is 1.10. The zero-order valence-electron chi connectivity index (χ0n) is 15.8. The van der Waals surface area contributed by atoms with Crippen LogP contribution >= 0.6 is 11.8 Å². The number of thioether (sulfide) groups is 1. The van der Waals surface area contributed by atoms with E-state index >= 15 is 0 Å². The number of benzene rings is 1. The number of nitrogens with one attached hydrogen (secondary N) is 1. The van der Waals surface area contributed by atoms with Crippen LogP contribution in [0.4, 0.5) is 0 Å². The Hall–Kier alpha value is -3.46. The van der Waals surface area contributed by atoms with Crippen LogP contribution in [0.3, 0.4) is 0 Å². The molecule has 29 heavy (non-hydrogen) atoms. The number of nitrogens with zero attached hydrogens (tertiary/aromatic N) is 6. The van der Waals surface area contributed by atoms with Crippen LogP contribution in [0.2, 0.25) is 0 Å². The minimum absolute atomic E-state index is 0.0817. The summed E-state index contributed by atoms with van der Waals surface area (Å²) >= 11 is 1.49. The van der Waals surface area contributed by atoms with Gasteiger partial charge in [0.05, 0.1) is 17.8 Å². The highest BCUT2D eigenvalue weighted by Gasteiger charge is 2.17. The number of fused-ring (bicyclic) bond motifs is 2. The van der Waals surface area contributed by atoms with Crippen molar-refractivity contribution in [1.29, 1.82) is 0 Å². The summed E-state index contributed by atoms with van der Waals surface area (Å²) in [6.07, 6.45) is 4.91. The van der Waals surface area contributed by atoms with Gasteiger partial charge >= 0.3 is 0 Å². The third-order valence-electron chi connectivity index (χ3n) is 4.84. The Bertz CT molecular complexity index is 1420. The van der Waals surface area contributed by atoms with E-state index in [1.54, 1.807) is 15.4 Å². The summed E-state index contributed by atoms with van der Waals surface area (Å²) in [4.78, 5) is 29.2. The van der Waals surface area contributed by atoms with Gasteiger partial charge in [-0.3, -0.25) is 9.36 Å². The van der Waals surface area contributed by atoms with Crippen LogP contribution in [0.25, 0.3) is 22.4 Å². The monoisotopic (exact) mass is 403 g/mol. The molecular formula is C20H17N7OS. The molecule has 0 aliphatic carbocycles. The van der Waals surface area contributed by atoms with Gasteiger partial charge in [-0.25, -0.2) is 19.5 Å². The van der Waals surface area contributed by atoms with Crippen molar-refractivity contribution in [2.75, 3.05) is 0 Å². The zero-order valence-corrected chi connectivity index (χ0v) is 16.6. The second-order valence-electron chi connectivity index (χ2n) is 6.70. The maximum absolute atomic E-state index is 13.4. The summed E-state index contributed by atoms with van der Waals surface area (Å²) < 4.78 is 3.37. The first-order valence-corrected chi connectivity index (χ1v) is 10.0. The average molecular weight is 403 g/mol. The Balaban J connectivity index is 1.66. The molecule has 1 N–H and O–H groups in total. The van der Waals surface area contributed by atoms with Gasteiger partial charge in [-0.1, -0.05) is 30.0 Å². The van der Waals surface area contributed by atoms with Gasteiger partial charge in [0, 0.05) is 6.20 Å². The van der Waals surface area contributed by atoms with Gasteiger partial charge in [0.2, 0.25) is 0 Å². The molecule has 0 radical (unpaired) electrons. The number of hydrogen-bond donors (Lipinski definition) is 1. The number of aromatic nitrogens is 7. The van der Waals surface area contributed by atoms with Crippen molar-refractivity contribution < 1.29 is 0 Å². The molecule has 0 unspecified atom stereocenters. The largest absolute Gasteiger partial charge is 0.341 e. The molecule has 8 nitrogen and oxygen atoms in total. The number of H-pyrrole nitrogens is 1. The van der Waals surface area contributed by atoms with Gasteiger partial charge in [-0.05, 0) is 37.1 Å². The van der Waals surface area contributed by atoms with E-state index in [9.17, 15) is 4.79 Å². The highest BCUT2D eigenvalue weighted by Crippen LogP contribution is 2.26. The van der Waals surface area contributed by atoms with E-state index in [0.717, 1.165) is 27.4 Å². The van der Waals surface area contributed by atoms with Crippen molar-refractivity contribution in [1.82, 2.24) is 34.1 Å².